The molecule has 0 bridgehead atoms. The van der Waals surface area contributed by atoms with Gasteiger partial charge in [-0.1, -0.05) is 12.1 Å². The van der Waals surface area contributed by atoms with Gasteiger partial charge in [0, 0.05) is 38.3 Å². The van der Waals surface area contributed by atoms with E-state index in [4.69, 9.17) is 0 Å². The average molecular weight is 290 g/mol. The van der Waals surface area contributed by atoms with E-state index in [0.717, 1.165) is 32.5 Å². The smallest absolute Gasteiger partial charge is 0.317 e. The summed E-state index contributed by atoms with van der Waals surface area (Å²) < 4.78 is 0. The lowest BCUT2D eigenvalue weighted by Gasteiger charge is -2.37. The van der Waals surface area contributed by atoms with Gasteiger partial charge in [0.1, 0.15) is 5.69 Å². The number of anilines is 1. The number of amides is 2. The van der Waals surface area contributed by atoms with Crippen molar-refractivity contribution in [2.75, 3.05) is 31.1 Å². The van der Waals surface area contributed by atoms with E-state index in [-0.39, 0.29) is 22.7 Å². The Kier molecular flexibility index (Phi) is 3.64. The van der Waals surface area contributed by atoms with Crippen LogP contribution in [0.1, 0.15) is 12.8 Å². The third-order valence-electron chi connectivity index (χ3n) is 4.21. The molecule has 2 saturated heterocycles. The third kappa shape index (κ3) is 2.63. The van der Waals surface area contributed by atoms with Crippen LogP contribution in [-0.2, 0) is 0 Å². The molecule has 21 heavy (non-hydrogen) atoms. The molecule has 0 unspecified atom stereocenters. The molecule has 0 atom stereocenters. The van der Waals surface area contributed by atoms with Gasteiger partial charge in [-0.2, -0.15) is 0 Å². The Morgan fingerprint density at radius 1 is 1.19 bits per heavy atom. The van der Waals surface area contributed by atoms with Crippen molar-refractivity contribution in [3.05, 3.63) is 34.4 Å². The van der Waals surface area contributed by atoms with Crippen LogP contribution in [0, 0.1) is 10.1 Å². The molecule has 0 saturated carbocycles. The van der Waals surface area contributed by atoms with E-state index in [1.807, 2.05) is 15.9 Å². The van der Waals surface area contributed by atoms with E-state index in [1.54, 1.807) is 12.1 Å². The van der Waals surface area contributed by atoms with Crippen LogP contribution < -0.4 is 10.2 Å². The number of hydrogen-bond acceptors (Lipinski definition) is 4. The molecule has 2 amide bonds. The van der Waals surface area contributed by atoms with Gasteiger partial charge in [0.15, 0.2) is 0 Å². The highest BCUT2D eigenvalue weighted by atomic mass is 16.6. The van der Waals surface area contributed by atoms with E-state index in [2.05, 4.69) is 5.32 Å². The van der Waals surface area contributed by atoms with Crippen molar-refractivity contribution >= 4 is 17.4 Å². The highest BCUT2D eigenvalue weighted by Gasteiger charge is 2.31. The number of hydrogen-bond donors (Lipinski definition) is 1. The Labute approximate surface area is 122 Å². The number of nitro groups is 1. The zero-order valence-corrected chi connectivity index (χ0v) is 11.7. The minimum Gasteiger partial charge on any atom is -0.366 e. The lowest BCUT2D eigenvalue weighted by Crippen LogP contribution is -2.46. The first-order valence-corrected chi connectivity index (χ1v) is 7.19. The largest absolute Gasteiger partial charge is 0.366 e. The summed E-state index contributed by atoms with van der Waals surface area (Å²) in [5.74, 6) is 0. The van der Waals surface area contributed by atoms with Gasteiger partial charge in [-0.3, -0.25) is 10.1 Å². The lowest BCUT2D eigenvalue weighted by molar-refractivity contribution is -0.384. The van der Waals surface area contributed by atoms with Crippen LogP contribution >= 0.6 is 0 Å². The van der Waals surface area contributed by atoms with Gasteiger partial charge >= 0.3 is 6.03 Å². The number of nitrogens with zero attached hydrogens (tertiary/aromatic N) is 3. The Morgan fingerprint density at radius 2 is 1.90 bits per heavy atom. The predicted molar refractivity (Wildman–Crippen MR) is 78.4 cm³/mol. The minimum atomic E-state index is -0.338. The fourth-order valence-corrected chi connectivity index (χ4v) is 3.14. The van der Waals surface area contributed by atoms with E-state index < -0.39 is 0 Å². The van der Waals surface area contributed by atoms with Crippen LogP contribution in [0.25, 0.3) is 0 Å². The number of para-hydroxylation sites is 2. The van der Waals surface area contributed by atoms with E-state index in [1.165, 1.54) is 6.07 Å². The van der Waals surface area contributed by atoms with Crippen LogP contribution in [0.5, 0.6) is 0 Å². The Morgan fingerprint density at radius 3 is 2.52 bits per heavy atom. The summed E-state index contributed by atoms with van der Waals surface area (Å²) >= 11 is 0. The molecule has 1 aromatic carbocycles. The number of benzene rings is 1. The number of nitrogens with one attached hydrogen (secondary N) is 1. The van der Waals surface area contributed by atoms with Crippen LogP contribution in [0.2, 0.25) is 0 Å². The van der Waals surface area contributed by atoms with Crippen LogP contribution in [0.4, 0.5) is 16.2 Å². The molecule has 3 rings (SSSR count). The zero-order valence-electron chi connectivity index (χ0n) is 11.7. The van der Waals surface area contributed by atoms with Crippen molar-refractivity contribution in [2.45, 2.75) is 18.9 Å². The molecule has 2 heterocycles. The summed E-state index contributed by atoms with van der Waals surface area (Å²) in [5.41, 5.74) is 0.821. The molecule has 2 aliphatic heterocycles. The molecule has 2 aliphatic rings. The number of nitro benzene ring substituents is 1. The van der Waals surface area contributed by atoms with Gasteiger partial charge in [0.25, 0.3) is 5.69 Å². The highest BCUT2D eigenvalue weighted by molar-refractivity contribution is 5.76. The molecule has 112 valence electrons. The Bertz CT molecular complexity index is 555. The molecule has 7 heteroatoms. The normalized spacial score (nSPS) is 19.7. The molecule has 0 spiro atoms. The molecule has 0 aliphatic carbocycles. The first kappa shape index (κ1) is 13.7. The fourth-order valence-electron chi connectivity index (χ4n) is 3.14. The van der Waals surface area contributed by atoms with Crippen molar-refractivity contribution in [2.24, 2.45) is 0 Å². The maximum absolute atomic E-state index is 11.7. The fraction of sp³-hybridized carbons (Fsp3) is 0.500. The number of carbonyl (C=O) groups excluding carboxylic acids is 1. The summed E-state index contributed by atoms with van der Waals surface area (Å²) in [7, 11) is 0. The Hall–Kier alpha value is -2.31. The van der Waals surface area contributed by atoms with Crippen LogP contribution in [0.15, 0.2) is 24.3 Å². The van der Waals surface area contributed by atoms with Gasteiger partial charge in [-0.15, -0.1) is 0 Å². The average Bonchev–Trinajstić information content (AvgIpc) is 2.93. The molecule has 0 radical (unpaired) electrons. The number of rotatable bonds is 3. The molecular formula is C14H18N4O3. The summed E-state index contributed by atoms with van der Waals surface area (Å²) in [6.07, 6.45) is 1.69. The minimum absolute atomic E-state index is 0.0131. The first-order valence-electron chi connectivity index (χ1n) is 7.19. The maximum atomic E-state index is 11.7. The number of urea groups is 1. The lowest BCUT2D eigenvalue weighted by atomic mass is 10.0. The predicted octanol–water partition coefficient (Wildman–Crippen LogP) is 1.59. The highest BCUT2D eigenvalue weighted by Crippen LogP contribution is 2.30. The molecule has 0 aromatic heterocycles. The standard InChI is InChI=1S/C14H18N4O3/c19-14-15-7-10-17(14)11-5-8-16(9-6-11)12-3-1-2-4-13(12)18(20)21/h1-4,11H,5-10H2,(H,15,19). The van der Waals surface area contributed by atoms with Gasteiger partial charge < -0.3 is 15.1 Å². The summed E-state index contributed by atoms with van der Waals surface area (Å²) in [4.78, 5) is 26.4. The molecule has 1 N–H and O–H groups in total. The van der Waals surface area contributed by atoms with Gasteiger partial charge in [0.05, 0.1) is 4.92 Å². The summed E-state index contributed by atoms with van der Waals surface area (Å²) in [6, 6.07) is 7.09. The van der Waals surface area contributed by atoms with E-state index in [9.17, 15) is 14.9 Å². The second-order valence-corrected chi connectivity index (χ2v) is 5.39. The van der Waals surface area contributed by atoms with Crippen molar-refractivity contribution < 1.29 is 9.72 Å². The topological polar surface area (TPSA) is 78.7 Å². The second-order valence-electron chi connectivity index (χ2n) is 5.39. The van der Waals surface area contributed by atoms with Crippen LogP contribution in [0.3, 0.4) is 0 Å². The summed E-state index contributed by atoms with van der Waals surface area (Å²) in [6.45, 7) is 2.94. The van der Waals surface area contributed by atoms with Gasteiger partial charge in [-0.05, 0) is 18.9 Å². The zero-order chi connectivity index (χ0) is 14.8. The number of carbonyl (C=O) groups is 1. The maximum Gasteiger partial charge on any atom is 0.317 e. The van der Waals surface area contributed by atoms with Gasteiger partial charge in [0.2, 0.25) is 0 Å². The molecule has 2 fully saturated rings. The van der Waals surface area contributed by atoms with E-state index >= 15 is 0 Å². The van der Waals surface area contributed by atoms with Crippen molar-refractivity contribution in [1.29, 1.82) is 0 Å². The third-order valence-corrected chi connectivity index (χ3v) is 4.21. The van der Waals surface area contributed by atoms with Crippen molar-refractivity contribution in [1.82, 2.24) is 10.2 Å². The molecular weight excluding hydrogens is 272 g/mol. The monoisotopic (exact) mass is 290 g/mol. The van der Waals surface area contributed by atoms with Crippen molar-refractivity contribution in [3.63, 3.8) is 0 Å². The second kappa shape index (κ2) is 5.59. The SMILES string of the molecule is O=C1NCCN1C1CCN(c2ccccc2[N+](=O)[O-])CC1. The molecule has 1 aromatic rings. The van der Waals surface area contributed by atoms with Crippen molar-refractivity contribution in [3.8, 4) is 0 Å². The van der Waals surface area contributed by atoms with Crippen LogP contribution in [-0.4, -0.2) is 48.1 Å². The van der Waals surface area contributed by atoms with E-state index in [0.29, 0.717) is 12.2 Å². The first-order chi connectivity index (χ1) is 10.2. The quantitative estimate of drug-likeness (QED) is 0.677. The Balaban J connectivity index is 1.69. The summed E-state index contributed by atoms with van der Waals surface area (Å²) in [5, 5.41) is 13.9. The number of piperidine rings is 1. The van der Waals surface area contributed by atoms with Gasteiger partial charge in [-0.25, -0.2) is 4.79 Å². The molecule has 7 nitrogen and oxygen atoms in total.